The standard InChI is InChI=1S/C13H6ClF3N2O2/c14-11-8(7-18)5-6-19-12(11)20-9-3-1-2-4-10(9)21-13(15,16)17/h1-6H. The fraction of sp³-hybridized carbons (Fsp3) is 0.0769. The van der Waals surface area contributed by atoms with Crippen molar-refractivity contribution in [3.05, 3.63) is 47.1 Å². The Bertz CT molecular complexity index is 699. The molecule has 0 saturated carbocycles. The molecule has 0 fully saturated rings. The normalized spacial score (nSPS) is 10.8. The van der Waals surface area contributed by atoms with E-state index >= 15 is 0 Å². The molecule has 0 aliphatic heterocycles. The van der Waals surface area contributed by atoms with Crippen molar-refractivity contribution in [2.75, 3.05) is 0 Å². The summed E-state index contributed by atoms with van der Waals surface area (Å²) < 4.78 is 45.9. The lowest BCUT2D eigenvalue weighted by atomic mass is 10.3. The van der Waals surface area contributed by atoms with Crippen LogP contribution in [0.4, 0.5) is 13.2 Å². The molecule has 0 bridgehead atoms. The summed E-state index contributed by atoms with van der Waals surface area (Å²) in [5, 5.41) is 8.73. The SMILES string of the molecule is N#Cc1ccnc(Oc2ccccc2OC(F)(F)F)c1Cl. The molecule has 2 rings (SSSR count). The van der Waals surface area contributed by atoms with E-state index in [1.54, 1.807) is 0 Å². The average Bonchev–Trinajstić information content (AvgIpc) is 2.41. The van der Waals surface area contributed by atoms with E-state index in [1.165, 1.54) is 30.5 Å². The largest absolute Gasteiger partial charge is 0.573 e. The number of hydrogen-bond donors (Lipinski definition) is 0. The van der Waals surface area contributed by atoms with Gasteiger partial charge in [0.15, 0.2) is 11.5 Å². The van der Waals surface area contributed by atoms with E-state index in [2.05, 4.69) is 9.72 Å². The van der Waals surface area contributed by atoms with Crippen LogP contribution in [-0.4, -0.2) is 11.3 Å². The Labute approximate surface area is 122 Å². The summed E-state index contributed by atoms with van der Waals surface area (Å²) in [6.07, 6.45) is -3.60. The molecular formula is C13H6ClF3N2O2. The average molecular weight is 315 g/mol. The van der Waals surface area contributed by atoms with Gasteiger partial charge in [0, 0.05) is 6.20 Å². The first-order valence-corrected chi connectivity index (χ1v) is 5.86. The van der Waals surface area contributed by atoms with E-state index in [-0.39, 0.29) is 22.2 Å². The van der Waals surface area contributed by atoms with Crippen LogP contribution in [0, 0.1) is 11.3 Å². The number of aromatic nitrogens is 1. The minimum Gasteiger partial charge on any atom is -0.434 e. The summed E-state index contributed by atoms with van der Waals surface area (Å²) in [6, 6.07) is 8.33. The Balaban J connectivity index is 2.35. The zero-order valence-electron chi connectivity index (χ0n) is 10.2. The number of nitrogens with zero attached hydrogens (tertiary/aromatic N) is 2. The molecule has 1 heterocycles. The van der Waals surface area contributed by atoms with E-state index in [0.29, 0.717) is 0 Å². The number of benzene rings is 1. The smallest absolute Gasteiger partial charge is 0.434 e. The molecule has 0 amide bonds. The van der Waals surface area contributed by atoms with Gasteiger partial charge in [-0.25, -0.2) is 4.98 Å². The number of halogens is 4. The third kappa shape index (κ3) is 3.77. The minimum absolute atomic E-state index is 0.0934. The van der Waals surface area contributed by atoms with Crippen molar-refractivity contribution in [2.45, 2.75) is 6.36 Å². The molecule has 8 heteroatoms. The lowest BCUT2D eigenvalue weighted by Crippen LogP contribution is -2.17. The fourth-order valence-corrected chi connectivity index (χ4v) is 1.62. The number of pyridine rings is 1. The zero-order valence-corrected chi connectivity index (χ0v) is 10.9. The van der Waals surface area contributed by atoms with Gasteiger partial charge >= 0.3 is 6.36 Å². The third-order valence-electron chi connectivity index (χ3n) is 2.26. The quantitative estimate of drug-likeness (QED) is 0.847. The molecule has 21 heavy (non-hydrogen) atoms. The van der Waals surface area contributed by atoms with Crippen molar-refractivity contribution in [3.63, 3.8) is 0 Å². The van der Waals surface area contributed by atoms with Crippen LogP contribution in [0.5, 0.6) is 17.4 Å². The predicted molar refractivity (Wildman–Crippen MR) is 67.2 cm³/mol. The molecule has 0 atom stereocenters. The fourth-order valence-electron chi connectivity index (χ4n) is 1.43. The van der Waals surface area contributed by atoms with Crippen molar-refractivity contribution < 1.29 is 22.6 Å². The van der Waals surface area contributed by atoms with Crippen LogP contribution < -0.4 is 9.47 Å². The highest BCUT2D eigenvalue weighted by molar-refractivity contribution is 6.33. The number of alkyl halides is 3. The monoisotopic (exact) mass is 314 g/mol. The molecule has 0 N–H and O–H groups in total. The second kappa shape index (κ2) is 5.89. The van der Waals surface area contributed by atoms with E-state index < -0.39 is 12.1 Å². The van der Waals surface area contributed by atoms with Crippen LogP contribution in [0.25, 0.3) is 0 Å². The molecule has 108 valence electrons. The van der Waals surface area contributed by atoms with Gasteiger partial charge in [-0.05, 0) is 18.2 Å². The van der Waals surface area contributed by atoms with Crippen molar-refractivity contribution in [1.29, 1.82) is 5.26 Å². The Hall–Kier alpha value is -2.46. The molecule has 4 nitrogen and oxygen atoms in total. The van der Waals surface area contributed by atoms with Gasteiger partial charge < -0.3 is 9.47 Å². The van der Waals surface area contributed by atoms with Crippen LogP contribution in [0.2, 0.25) is 5.02 Å². The van der Waals surface area contributed by atoms with E-state index in [1.807, 2.05) is 6.07 Å². The van der Waals surface area contributed by atoms with Gasteiger partial charge in [0.25, 0.3) is 0 Å². The van der Waals surface area contributed by atoms with Gasteiger partial charge in [-0.1, -0.05) is 23.7 Å². The highest BCUT2D eigenvalue weighted by atomic mass is 35.5. The van der Waals surface area contributed by atoms with Crippen LogP contribution in [0.1, 0.15) is 5.56 Å². The lowest BCUT2D eigenvalue weighted by molar-refractivity contribution is -0.275. The molecule has 0 radical (unpaired) electrons. The Kier molecular flexibility index (Phi) is 4.19. The summed E-state index contributed by atoms with van der Waals surface area (Å²) in [6.45, 7) is 0. The highest BCUT2D eigenvalue weighted by Crippen LogP contribution is 2.36. The zero-order chi connectivity index (χ0) is 15.5. The maximum Gasteiger partial charge on any atom is 0.573 e. The second-order valence-corrected chi connectivity index (χ2v) is 4.06. The minimum atomic E-state index is -4.86. The third-order valence-corrected chi connectivity index (χ3v) is 2.62. The van der Waals surface area contributed by atoms with Crippen LogP contribution in [0.3, 0.4) is 0 Å². The summed E-state index contributed by atoms with van der Waals surface area (Å²) in [4.78, 5) is 3.78. The first-order valence-electron chi connectivity index (χ1n) is 5.48. The second-order valence-electron chi connectivity index (χ2n) is 3.69. The Morgan fingerprint density at radius 2 is 1.81 bits per heavy atom. The molecule has 2 aromatic rings. The van der Waals surface area contributed by atoms with Gasteiger partial charge in [0.1, 0.15) is 11.1 Å². The highest BCUT2D eigenvalue weighted by Gasteiger charge is 2.32. The van der Waals surface area contributed by atoms with Gasteiger partial charge in [0.05, 0.1) is 5.56 Å². The number of para-hydroxylation sites is 2. The first-order chi connectivity index (χ1) is 9.90. The number of nitriles is 1. The lowest BCUT2D eigenvalue weighted by Gasteiger charge is -2.13. The van der Waals surface area contributed by atoms with Gasteiger partial charge in [0.2, 0.25) is 5.88 Å². The summed E-state index contributed by atoms with van der Waals surface area (Å²) in [5.74, 6) is -0.946. The molecule has 0 saturated heterocycles. The van der Waals surface area contributed by atoms with E-state index in [4.69, 9.17) is 21.6 Å². The molecule has 0 aliphatic rings. The topological polar surface area (TPSA) is 55.1 Å². The number of rotatable bonds is 3. The van der Waals surface area contributed by atoms with Gasteiger partial charge in [-0.2, -0.15) is 5.26 Å². The maximum atomic E-state index is 12.3. The van der Waals surface area contributed by atoms with E-state index in [0.717, 1.165) is 6.07 Å². The molecule has 0 spiro atoms. The summed E-state index contributed by atoms with van der Waals surface area (Å²) >= 11 is 5.87. The number of ether oxygens (including phenoxy) is 2. The number of hydrogen-bond acceptors (Lipinski definition) is 4. The molecule has 1 aromatic heterocycles. The molecule has 0 unspecified atom stereocenters. The molecule has 1 aromatic carbocycles. The van der Waals surface area contributed by atoms with Crippen LogP contribution in [0.15, 0.2) is 36.5 Å². The van der Waals surface area contributed by atoms with Gasteiger partial charge in [-0.3, -0.25) is 0 Å². The van der Waals surface area contributed by atoms with Crippen molar-refractivity contribution in [2.24, 2.45) is 0 Å². The summed E-state index contributed by atoms with van der Waals surface area (Å²) in [5.41, 5.74) is 0.0934. The van der Waals surface area contributed by atoms with Crippen molar-refractivity contribution in [1.82, 2.24) is 4.98 Å². The van der Waals surface area contributed by atoms with Crippen molar-refractivity contribution >= 4 is 11.6 Å². The summed E-state index contributed by atoms with van der Waals surface area (Å²) in [7, 11) is 0. The predicted octanol–water partition coefficient (Wildman–Crippen LogP) is 4.30. The van der Waals surface area contributed by atoms with Crippen molar-refractivity contribution in [3.8, 4) is 23.4 Å². The first kappa shape index (κ1) is 14.9. The Morgan fingerprint density at radius 3 is 2.43 bits per heavy atom. The molecular weight excluding hydrogens is 309 g/mol. The van der Waals surface area contributed by atoms with Crippen LogP contribution >= 0.6 is 11.6 Å². The van der Waals surface area contributed by atoms with Gasteiger partial charge in [-0.15, -0.1) is 13.2 Å². The maximum absolute atomic E-state index is 12.3. The van der Waals surface area contributed by atoms with E-state index in [9.17, 15) is 13.2 Å². The Morgan fingerprint density at radius 1 is 1.14 bits per heavy atom. The molecule has 0 aliphatic carbocycles. The van der Waals surface area contributed by atoms with Crippen LogP contribution in [-0.2, 0) is 0 Å².